The fraction of sp³-hybridized carbons (Fsp3) is 1.00. The van der Waals surface area contributed by atoms with E-state index in [0.29, 0.717) is 0 Å². The van der Waals surface area contributed by atoms with Gasteiger partial charge in [0, 0.05) is 6.42 Å². The van der Waals surface area contributed by atoms with Gasteiger partial charge in [-0.05, 0) is 0 Å². The molecule has 28 heteroatoms. The van der Waals surface area contributed by atoms with Gasteiger partial charge >= 0.3 is 0 Å². The van der Waals surface area contributed by atoms with Gasteiger partial charge < -0.3 is 48.3 Å². The van der Waals surface area contributed by atoms with Crippen molar-refractivity contribution in [2.45, 2.75) is 61.7 Å². The summed E-state index contributed by atoms with van der Waals surface area (Å²) in [5, 5.41) is 66.7. The number of hydrogen-bond acceptors (Lipinski definition) is 22. The van der Waals surface area contributed by atoms with Crippen molar-refractivity contribution in [3.8, 4) is 0 Å². The van der Waals surface area contributed by atoms with Crippen LogP contribution < -0.4 is 0 Å². The number of rotatable bonds is 16. The quantitative estimate of drug-likeness (QED) is 0.136. The highest BCUT2D eigenvalue weighted by Gasteiger charge is 2.54. The van der Waals surface area contributed by atoms with Crippen LogP contribution in [0.2, 0.25) is 0 Å². The highest BCUT2D eigenvalue weighted by molar-refractivity contribution is 4.93. The third-order valence-corrected chi connectivity index (χ3v) is 4.91. The summed E-state index contributed by atoms with van der Waals surface area (Å²) in [6.07, 6.45) is -20.5. The molecule has 0 aromatic rings. The van der Waals surface area contributed by atoms with Gasteiger partial charge in [0.15, 0.2) is 30.9 Å². The van der Waals surface area contributed by atoms with E-state index < -0.39 is 105 Å². The molecule has 2 rings (SSSR count). The van der Waals surface area contributed by atoms with Crippen molar-refractivity contribution < 1.29 is 78.9 Å². The first-order valence-corrected chi connectivity index (χ1v) is 10.1. The SMILES string of the molecule is O=[N+]([O-])OCC1O[C@@H](O)[C@H](O[N+](=O)[O-])C(O[N+](=O)[O-])[C@@H]1O[C@@H]1O[C@H](CO[N+](=O)[O-])C[C@H](O[N+](=O)[O-])[C@H]1O[N+](=O)[O-]. The fourth-order valence-electron chi connectivity index (χ4n) is 3.60. The Morgan fingerprint density at radius 3 is 1.65 bits per heavy atom. The van der Waals surface area contributed by atoms with E-state index >= 15 is 0 Å². The monoisotopic (exact) mass is 596 g/mol. The average molecular weight is 596 g/mol. The first-order valence-electron chi connectivity index (χ1n) is 10.1. The molecule has 9 atom stereocenters. The van der Waals surface area contributed by atoms with Crippen LogP contribution in [0, 0.1) is 60.7 Å². The van der Waals surface area contributed by atoms with Crippen LogP contribution in [0.1, 0.15) is 6.42 Å². The summed E-state index contributed by atoms with van der Waals surface area (Å²) in [5.74, 6) is 0. The predicted molar refractivity (Wildman–Crippen MR) is 102 cm³/mol. The summed E-state index contributed by atoms with van der Waals surface area (Å²) >= 11 is 0. The number of ether oxygens (including phenoxy) is 3. The molecule has 2 heterocycles. The molecule has 0 spiro atoms. The van der Waals surface area contributed by atoms with Crippen molar-refractivity contribution in [3.63, 3.8) is 0 Å². The minimum absolute atomic E-state index is 0.733. The number of aliphatic hydroxyl groups is 1. The Bertz CT molecular complexity index is 967. The number of nitrogens with zero attached hydrogens (tertiary/aromatic N) is 6. The fourth-order valence-corrected chi connectivity index (χ4v) is 3.60. The van der Waals surface area contributed by atoms with Crippen LogP contribution in [0.15, 0.2) is 0 Å². The van der Waals surface area contributed by atoms with Crippen LogP contribution in [-0.4, -0.2) is 104 Å². The second kappa shape index (κ2) is 13.7. The number of aliphatic hydroxyl groups excluding tert-OH is 1. The van der Waals surface area contributed by atoms with Gasteiger partial charge in [0.25, 0.3) is 30.5 Å². The van der Waals surface area contributed by atoms with Gasteiger partial charge in [-0.25, -0.2) is 0 Å². The molecule has 0 aromatic carbocycles. The van der Waals surface area contributed by atoms with E-state index in [9.17, 15) is 65.8 Å². The van der Waals surface area contributed by atoms with Gasteiger partial charge in [0.1, 0.15) is 31.5 Å². The van der Waals surface area contributed by atoms with Gasteiger partial charge in [-0.3, -0.25) is 0 Å². The molecule has 0 aromatic heterocycles. The molecule has 0 saturated carbocycles. The minimum Gasteiger partial charge on any atom is -0.366 e. The van der Waals surface area contributed by atoms with Crippen molar-refractivity contribution in [2.24, 2.45) is 0 Å². The lowest BCUT2D eigenvalue weighted by molar-refractivity contribution is -0.810. The summed E-state index contributed by atoms with van der Waals surface area (Å²) in [6, 6.07) is 0. The first-order chi connectivity index (χ1) is 18.7. The Morgan fingerprint density at radius 2 is 1.12 bits per heavy atom. The highest BCUT2D eigenvalue weighted by atomic mass is 17.0. The maximum absolute atomic E-state index is 11.1. The van der Waals surface area contributed by atoms with Crippen molar-refractivity contribution in [2.75, 3.05) is 13.2 Å². The average Bonchev–Trinajstić information content (AvgIpc) is 2.81. The summed E-state index contributed by atoms with van der Waals surface area (Å²) in [6.45, 7) is -2.21. The van der Waals surface area contributed by atoms with Crippen LogP contribution >= 0.6 is 0 Å². The van der Waals surface area contributed by atoms with E-state index in [1.807, 2.05) is 0 Å². The smallest absolute Gasteiger partial charge is 0.295 e. The van der Waals surface area contributed by atoms with Crippen molar-refractivity contribution in [1.29, 1.82) is 0 Å². The van der Waals surface area contributed by atoms with Crippen LogP contribution in [-0.2, 0) is 43.2 Å². The Morgan fingerprint density at radius 1 is 0.625 bits per heavy atom. The minimum atomic E-state index is -2.46. The molecule has 0 bridgehead atoms. The maximum atomic E-state index is 11.1. The lowest BCUT2D eigenvalue weighted by Crippen LogP contribution is -2.64. The van der Waals surface area contributed by atoms with Crippen molar-refractivity contribution in [3.05, 3.63) is 60.7 Å². The van der Waals surface area contributed by atoms with Gasteiger partial charge in [0.05, 0.1) is 6.10 Å². The molecule has 2 aliphatic heterocycles. The molecule has 2 fully saturated rings. The number of hydrogen-bond donors (Lipinski definition) is 1. The van der Waals surface area contributed by atoms with Crippen molar-refractivity contribution >= 4 is 0 Å². The lowest BCUT2D eigenvalue weighted by Gasteiger charge is -2.45. The standard InChI is InChI=1S/C12H16N6O22/c19-11-10(40-18(30)31)9(39-17(28)29)7(6(35-11)3-33-14(22)23)36-12-8(38-16(26)27)5(37-15(24)25)1-4(34-12)2-32-13(20)21/h4-12,19H,1-3H2/t4-,5-,6?,7+,8+,9?,10+,11+,12-/m0/s1. The topological polar surface area (TPSA) is 362 Å². The molecule has 2 saturated heterocycles. The molecule has 226 valence electrons. The van der Waals surface area contributed by atoms with Gasteiger partial charge in [-0.1, -0.05) is 0 Å². The normalized spacial score (nSPS) is 31.6. The molecule has 0 aliphatic carbocycles. The van der Waals surface area contributed by atoms with E-state index in [0.717, 1.165) is 0 Å². The zero-order valence-corrected chi connectivity index (χ0v) is 19.0. The molecule has 40 heavy (non-hydrogen) atoms. The zero-order valence-electron chi connectivity index (χ0n) is 19.0. The Kier molecular flexibility index (Phi) is 10.7. The summed E-state index contributed by atoms with van der Waals surface area (Å²) in [4.78, 5) is 90.6. The Hall–Kier alpha value is -4.96. The Balaban J connectivity index is 2.52. The summed E-state index contributed by atoms with van der Waals surface area (Å²) in [7, 11) is 0. The summed E-state index contributed by atoms with van der Waals surface area (Å²) < 4.78 is 15.5. The highest BCUT2D eigenvalue weighted by Crippen LogP contribution is 2.33. The van der Waals surface area contributed by atoms with E-state index in [1.54, 1.807) is 0 Å². The second-order valence-electron chi connectivity index (χ2n) is 7.32. The zero-order chi connectivity index (χ0) is 30.1. The lowest BCUT2D eigenvalue weighted by atomic mass is 9.98. The largest absolute Gasteiger partial charge is 0.366 e. The predicted octanol–water partition coefficient (Wildman–Crippen LogP) is -3.07. The molecular weight excluding hydrogens is 580 g/mol. The van der Waals surface area contributed by atoms with Crippen LogP contribution in [0.5, 0.6) is 0 Å². The molecule has 2 aliphatic rings. The van der Waals surface area contributed by atoms with Gasteiger partial charge in [-0.15, -0.1) is 60.7 Å². The van der Waals surface area contributed by atoms with Crippen LogP contribution in [0.3, 0.4) is 0 Å². The van der Waals surface area contributed by atoms with E-state index in [2.05, 4.69) is 29.0 Å². The second-order valence-corrected chi connectivity index (χ2v) is 7.32. The molecule has 0 amide bonds. The van der Waals surface area contributed by atoms with E-state index in [-0.39, 0.29) is 0 Å². The summed E-state index contributed by atoms with van der Waals surface area (Å²) in [5.41, 5.74) is 0. The van der Waals surface area contributed by atoms with Crippen LogP contribution in [0.4, 0.5) is 0 Å². The van der Waals surface area contributed by atoms with Gasteiger partial charge in [-0.2, -0.15) is 0 Å². The van der Waals surface area contributed by atoms with E-state index in [4.69, 9.17) is 14.2 Å². The Labute approximate surface area is 215 Å². The molecule has 1 N–H and O–H groups in total. The third-order valence-electron chi connectivity index (χ3n) is 4.91. The molecule has 0 radical (unpaired) electrons. The van der Waals surface area contributed by atoms with Crippen molar-refractivity contribution in [1.82, 2.24) is 0 Å². The molecule has 28 nitrogen and oxygen atoms in total. The maximum Gasteiger partial charge on any atom is 0.295 e. The van der Waals surface area contributed by atoms with Crippen LogP contribution in [0.25, 0.3) is 0 Å². The molecule has 2 unspecified atom stereocenters. The van der Waals surface area contributed by atoms with Gasteiger partial charge in [0.2, 0.25) is 0 Å². The first kappa shape index (κ1) is 31.3. The van der Waals surface area contributed by atoms with E-state index in [1.165, 1.54) is 0 Å². The molecular formula is C12H16N6O22. The third kappa shape index (κ3) is 9.10.